The molecule has 1 N–H and O–H groups in total. The van der Waals surface area contributed by atoms with E-state index in [0.717, 1.165) is 10.6 Å². The van der Waals surface area contributed by atoms with Gasteiger partial charge in [0.25, 0.3) is 0 Å². The van der Waals surface area contributed by atoms with E-state index in [0.29, 0.717) is 11.8 Å². The molecule has 1 aromatic rings. The van der Waals surface area contributed by atoms with Crippen LogP contribution in [0, 0.1) is 5.92 Å². The summed E-state index contributed by atoms with van der Waals surface area (Å²) in [5, 5.41) is 10.1. The fourth-order valence-corrected chi connectivity index (χ4v) is 2.94. The van der Waals surface area contributed by atoms with Gasteiger partial charge in [-0.15, -0.1) is 0 Å². The molecule has 0 bridgehead atoms. The molecule has 0 aliphatic heterocycles. The van der Waals surface area contributed by atoms with Gasteiger partial charge in [-0.1, -0.05) is 68.1 Å². The molecule has 0 radical (unpaired) electrons. The zero-order valence-corrected chi connectivity index (χ0v) is 12.8. The number of hydrogen-bond donors (Lipinski definition) is 1. The fraction of sp³-hybridized carbons (Fsp3) is 0.444. The monoisotopic (exact) mass is 290 g/mol. The van der Waals surface area contributed by atoms with E-state index >= 15 is 0 Å². The molecule has 0 fully saturated rings. The molecule has 0 aromatic heterocycles. The quantitative estimate of drug-likeness (QED) is 0.722. The van der Waals surface area contributed by atoms with Gasteiger partial charge in [-0.05, 0) is 35.6 Å². The van der Waals surface area contributed by atoms with Crippen molar-refractivity contribution in [2.45, 2.75) is 38.5 Å². The molecule has 1 nitrogen and oxygen atoms in total. The highest BCUT2D eigenvalue weighted by Gasteiger charge is 2.22. The largest absolute Gasteiger partial charge is 0.392 e. The number of unbranched alkanes of at least 4 members (excludes halogenated alkanes) is 2. The third kappa shape index (κ3) is 3.97. The summed E-state index contributed by atoms with van der Waals surface area (Å²) in [7, 11) is 0. The van der Waals surface area contributed by atoms with Crippen LogP contribution in [0.5, 0.6) is 0 Å². The lowest BCUT2D eigenvalue weighted by Gasteiger charge is -2.26. The van der Waals surface area contributed by atoms with Gasteiger partial charge in [0.2, 0.25) is 0 Å². The van der Waals surface area contributed by atoms with E-state index in [9.17, 15) is 5.11 Å². The predicted molar refractivity (Wildman–Crippen MR) is 86.1 cm³/mol. The number of aliphatic hydroxyl groups is 1. The number of halogens is 1. The van der Waals surface area contributed by atoms with E-state index in [1.807, 2.05) is 12.1 Å². The first-order chi connectivity index (χ1) is 9.74. The molecule has 1 aliphatic rings. The first kappa shape index (κ1) is 15.3. The molecule has 2 rings (SSSR count). The third-order valence-corrected chi connectivity index (χ3v) is 4.24. The highest BCUT2D eigenvalue weighted by molar-refractivity contribution is 6.30. The Morgan fingerprint density at radius 3 is 2.55 bits per heavy atom. The molecule has 0 saturated carbocycles. The Hall–Kier alpha value is -1.05. The van der Waals surface area contributed by atoms with E-state index in [1.165, 1.54) is 31.2 Å². The zero-order chi connectivity index (χ0) is 14.4. The lowest BCUT2D eigenvalue weighted by atomic mass is 9.78. The van der Waals surface area contributed by atoms with Crippen LogP contribution in [0.3, 0.4) is 0 Å². The molecular weight excluding hydrogens is 268 g/mol. The number of rotatable bonds is 6. The maximum absolute atomic E-state index is 9.36. The van der Waals surface area contributed by atoms with Crippen molar-refractivity contribution in [3.8, 4) is 0 Å². The average molecular weight is 291 g/mol. The zero-order valence-electron chi connectivity index (χ0n) is 12.1. The highest BCUT2D eigenvalue weighted by Crippen LogP contribution is 2.35. The molecule has 108 valence electrons. The van der Waals surface area contributed by atoms with Crippen molar-refractivity contribution in [2.75, 3.05) is 6.61 Å². The fourth-order valence-electron chi connectivity index (χ4n) is 2.82. The average Bonchev–Trinajstić information content (AvgIpc) is 2.48. The topological polar surface area (TPSA) is 20.2 Å². The van der Waals surface area contributed by atoms with Gasteiger partial charge in [0, 0.05) is 10.9 Å². The Labute approximate surface area is 127 Å². The summed E-state index contributed by atoms with van der Waals surface area (Å²) in [6.45, 7) is 2.35. The van der Waals surface area contributed by atoms with E-state index in [-0.39, 0.29) is 6.61 Å². The predicted octanol–water partition coefficient (Wildman–Crippen LogP) is 5.11. The van der Waals surface area contributed by atoms with Crippen molar-refractivity contribution in [3.05, 3.63) is 58.7 Å². The Kier molecular flexibility index (Phi) is 5.87. The Morgan fingerprint density at radius 2 is 1.90 bits per heavy atom. The lowest BCUT2D eigenvalue weighted by molar-refractivity contribution is 0.332. The number of benzene rings is 1. The number of hydrogen-bond acceptors (Lipinski definition) is 1. The van der Waals surface area contributed by atoms with Crippen LogP contribution in [-0.4, -0.2) is 11.7 Å². The summed E-state index contributed by atoms with van der Waals surface area (Å²) < 4.78 is 0. The van der Waals surface area contributed by atoms with Crippen molar-refractivity contribution < 1.29 is 5.11 Å². The molecule has 0 heterocycles. The molecule has 0 saturated heterocycles. The molecule has 0 unspecified atom stereocenters. The molecule has 2 heteroatoms. The summed E-state index contributed by atoms with van der Waals surface area (Å²) in [5.41, 5.74) is 2.29. The van der Waals surface area contributed by atoms with Gasteiger partial charge >= 0.3 is 0 Å². The molecule has 1 aromatic carbocycles. The van der Waals surface area contributed by atoms with Crippen molar-refractivity contribution in [1.82, 2.24) is 0 Å². The molecule has 0 spiro atoms. The first-order valence-electron chi connectivity index (χ1n) is 7.49. The van der Waals surface area contributed by atoms with Crippen LogP contribution in [0.15, 0.2) is 48.1 Å². The van der Waals surface area contributed by atoms with Crippen molar-refractivity contribution in [3.63, 3.8) is 0 Å². The molecular formula is C18H23ClO. The normalized spacial score (nSPS) is 21.9. The number of allylic oxidation sites excluding steroid dienone is 2. The SMILES string of the molecule is CCCCC[C@H]1C=CC(CO)=C[C@@H]1c1ccc(Cl)cc1. The van der Waals surface area contributed by atoms with Crippen molar-refractivity contribution in [1.29, 1.82) is 0 Å². The summed E-state index contributed by atoms with van der Waals surface area (Å²) in [6, 6.07) is 8.10. The van der Waals surface area contributed by atoms with Crippen LogP contribution < -0.4 is 0 Å². The molecule has 2 atom stereocenters. The summed E-state index contributed by atoms with van der Waals surface area (Å²) in [5.74, 6) is 0.884. The Bertz CT molecular complexity index is 473. The minimum atomic E-state index is 0.113. The van der Waals surface area contributed by atoms with Gasteiger partial charge in [0.1, 0.15) is 0 Å². The molecule has 1 aliphatic carbocycles. The van der Waals surface area contributed by atoms with Crippen LogP contribution in [0.1, 0.15) is 44.1 Å². The van der Waals surface area contributed by atoms with E-state index < -0.39 is 0 Å². The first-order valence-corrected chi connectivity index (χ1v) is 7.87. The van der Waals surface area contributed by atoms with Crippen LogP contribution in [0.2, 0.25) is 5.02 Å². The summed E-state index contributed by atoms with van der Waals surface area (Å²) >= 11 is 5.98. The van der Waals surface area contributed by atoms with Crippen molar-refractivity contribution >= 4 is 11.6 Å². The Morgan fingerprint density at radius 1 is 1.15 bits per heavy atom. The van der Waals surface area contributed by atoms with Gasteiger partial charge in [0.05, 0.1) is 6.61 Å². The van der Waals surface area contributed by atoms with E-state index in [4.69, 9.17) is 11.6 Å². The van der Waals surface area contributed by atoms with Gasteiger partial charge < -0.3 is 5.11 Å². The maximum atomic E-state index is 9.36. The number of aliphatic hydroxyl groups excluding tert-OH is 1. The molecule has 0 amide bonds. The second-order valence-electron chi connectivity index (χ2n) is 5.50. The van der Waals surface area contributed by atoms with Crippen LogP contribution >= 0.6 is 11.6 Å². The molecule has 20 heavy (non-hydrogen) atoms. The Balaban J connectivity index is 2.16. The van der Waals surface area contributed by atoms with Crippen LogP contribution in [-0.2, 0) is 0 Å². The second-order valence-corrected chi connectivity index (χ2v) is 5.93. The highest BCUT2D eigenvalue weighted by atomic mass is 35.5. The third-order valence-electron chi connectivity index (χ3n) is 3.99. The summed E-state index contributed by atoms with van der Waals surface area (Å²) in [4.78, 5) is 0. The minimum Gasteiger partial charge on any atom is -0.392 e. The van der Waals surface area contributed by atoms with E-state index in [2.05, 4.69) is 37.3 Å². The van der Waals surface area contributed by atoms with Gasteiger partial charge in [0.15, 0.2) is 0 Å². The van der Waals surface area contributed by atoms with Gasteiger partial charge in [-0.25, -0.2) is 0 Å². The van der Waals surface area contributed by atoms with Gasteiger partial charge in [-0.2, -0.15) is 0 Å². The minimum absolute atomic E-state index is 0.113. The standard InChI is InChI=1S/C18H23ClO/c1-2-3-4-5-15-7-6-14(13-20)12-18(15)16-8-10-17(19)11-9-16/h6-12,15,18,20H,2-5,13H2,1H3/t15-,18-/m0/s1. The second kappa shape index (κ2) is 7.66. The van der Waals surface area contributed by atoms with E-state index in [1.54, 1.807) is 0 Å². The van der Waals surface area contributed by atoms with Crippen LogP contribution in [0.25, 0.3) is 0 Å². The smallest absolute Gasteiger partial charge is 0.0678 e. The van der Waals surface area contributed by atoms with Crippen LogP contribution in [0.4, 0.5) is 0 Å². The lowest BCUT2D eigenvalue weighted by Crippen LogP contribution is -2.13. The maximum Gasteiger partial charge on any atom is 0.0678 e. The summed E-state index contributed by atoms with van der Waals surface area (Å²) in [6.07, 6.45) is 11.5. The van der Waals surface area contributed by atoms with Crippen molar-refractivity contribution in [2.24, 2.45) is 5.92 Å². The van der Waals surface area contributed by atoms with Gasteiger partial charge in [-0.3, -0.25) is 0 Å².